The molecule has 0 aliphatic rings. The highest BCUT2D eigenvalue weighted by atomic mass is 32.1. The Balaban J connectivity index is 1.90. The van der Waals surface area contributed by atoms with Gasteiger partial charge in [0.05, 0.1) is 22.3 Å². The summed E-state index contributed by atoms with van der Waals surface area (Å²) in [6.07, 6.45) is 0.684. The third-order valence-electron chi connectivity index (χ3n) is 4.47. The fraction of sp³-hybridized carbons (Fsp3) is 0.500. The van der Waals surface area contributed by atoms with Gasteiger partial charge in [-0.05, 0) is 41.5 Å². The predicted octanol–water partition coefficient (Wildman–Crippen LogP) is 3.55. The minimum absolute atomic E-state index is 0.0522. The second-order valence-corrected chi connectivity index (χ2v) is 7.58. The summed E-state index contributed by atoms with van der Waals surface area (Å²) in [6, 6.07) is 0.0707. The molecule has 3 rings (SSSR count). The standard InChI is InChI=1S/C18H24N6OS/c1-7-23-16(20-18(22-23)15-9-26-14(6)19-15)8-10(2)24-12(4)17(13(5)25)11(3)21-24/h9-10H,7-8H2,1-6H3. The number of Topliss-reactive ketones (excluding diaryl/α,β-unsaturated/α-hetero) is 1. The lowest BCUT2D eigenvalue weighted by Gasteiger charge is -2.14. The number of ketones is 1. The molecule has 0 radical (unpaired) electrons. The normalized spacial score (nSPS) is 12.5. The molecule has 0 aromatic carbocycles. The van der Waals surface area contributed by atoms with Crippen molar-refractivity contribution in [1.82, 2.24) is 29.5 Å². The van der Waals surface area contributed by atoms with Crippen molar-refractivity contribution in [2.45, 2.75) is 60.5 Å². The zero-order valence-electron chi connectivity index (χ0n) is 16.1. The lowest BCUT2D eigenvalue weighted by molar-refractivity contribution is 0.101. The van der Waals surface area contributed by atoms with Gasteiger partial charge in [0.15, 0.2) is 5.78 Å². The maximum Gasteiger partial charge on any atom is 0.200 e. The molecule has 8 heteroatoms. The highest BCUT2D eigenvalue weighted by Gasteiger charge is 2.21. The average molecular weight is 372 g/mol. The van der Waals surface area contributed by atoms with Crippen LogP contribution in [0, 0.1) is 20.8 Å². The molecule has 0 aliphatic carbocycles. The van der Waals surface area contributed by atoms with Crippen LogP contribution in [-0.2, 0) is 13.0 Å². The summed E-state index contributed by atoms with van der Waals surface area (Å²) < 4.78 is 3.84. The van der Waals surface area contributed by atoms with Crippen molar-refractivity contribution in [2.24, 2.45) is 0 Å². The van der Waals surface area contributed by atoms with Gasteiger partial charge in [0.1, 0.15) is 11.5 Å². The molecule has 0 spiro atoms. The van der Waals surface area contributed by atoms with Crippen molar-refractivity contribution >= 4 is 17.1 Å². The van der Waals surface area contributed by atoms with E-state index in [1.807, 2.05) is 35.5 Å². The first-order chi connectivity index (χ1) is 12.3. The Hall–Kier alpha value is -2.35. The van der Waals surface area contributed by atoms with Crippen molar-refractivity contribution in [3.63, 3.8) is 0 Å². The second-order valence-electron chi connectivity index (χ2n) is 6.52. The molecule has 3 aromatic heterocycles. The van der Waals surface area contributed by atoms with E-state index in [2.05, 4.69) is 29.0 Å². The summed E-state index contributed by atoms with van der Waals surface area (Å²) in [5.74, 6) is 1.62. The molecule has 0 aliphatic heterocycles. The van der Waals surface area contributed by atoms with E-state index in [0.29, 0.717) is 17.8 Å². The van der Waals surface area contributed by atoms with Crippen molar-refractivity contribution in [2.75, 3.05) is 0 Å². The van der Waals surface area contributed by atoms with E-state index in [9.17, 15) is 4.79 Å². The van der Waals surface area contributed by atoms with Crippen LogP contribution in [0.5, 0.6) is 0 Å². The zero-order valence-corrected chi connectivity index (χ0v) is 16.9. The quantitative estimate of drug-likeness (QED) is 0.618. The van der Waals surface area contributed by atoms with E-state index < -0.39 is 0 Å². The number of thiazole rings is 1. The molecule has 7 nitrogen and oxygen atoms in total. The second kappa shape index (κ2) is 7.11. The number of hydrogen-bond acceptors (Lipinski definition) is 6. The van der Waals surface area contributed by atoms with E-state index in [4.69, 9.17) is 4.98 Å². The summed E-state index contributed by atoms with van der Waals surface area (Å²) in [4.78, 5) is 21.1. The van der Waals surface area contributed by atoms with Crippen LogP contribution >= 0.6 is 11.3 Å². The lowest BCUT2D eigenvalue weighted by Crippen LogP contribution is -2.15. The van der Waals surface area contributed by atoms with Crippen molar-refractivity contribution in [3.8, 4) is 11.5 Å². The molecular formula is C18H24N6OS. The first-order valence-corrected chi connectivity index (χ1v) is 9.62. The van der Waals surface area contributed by atoms with Gasteiger partial charge in [-0.15, -0.1) is 16.4 Å². The van der Waals surface area contributed by atoms with Gasteiger partial charge in [-0.1, -0.05) is 0 Å². The molecule has 0 saturated carbocycles. The monoisotopic (exact) mass is 372 g/mol. The maximum absolute atomic E-state index is 11.9. The molecule has 0 N–H and O–H groups in total. The van der Waals surface area contributed by atoms with Crippen molar-refractivity contribution < 1.29 is 4.79 Å². The molecular weight excluding hydrogens is 348 g/mol. The summed E-state index contributed by atoms with van der Waals surface area (Å²) in [7, 11) is 0. The molecule has 1 unspecified atom stereocenters. The number of hydrogen-bond donors (Lipinski definition) is 0. The predicted molar refractivity (Wildman–Crippen MR) is 102 cm³/mol. The van der Waals surface area contributed by atoms with Crippen LogP contribution < -0.4 is 0 Å². The molecule has 0 amide bonds. The van der Waals surface area contributed by atoms with Crippen LogP contribution in [0.15, 0.2) is 5.38 Å². The largest absolute Gasteiger partial charge is 0.294 e. The highest BCUT2D eigenvalue weighted by molar-refractivity contribution is 7.09. The fourth-order valence-electron chi connectivity index (χ4n) is 3.31. The number of rotatable bonds is 6. The Morgan fingerprint density at radius 1 is 1.23 bits per heavy atom. The van der Waals surface area contributed by atoms with Crippen LogP contribution in [-0.4, -0.2) is 35.3 Å². The van der Waals surface area contributed by atoms with Gasteiger partial charge < -0.3 is 0 Å². The summed E-state index contributed by atoms with van der Waals surface area (Å²) >= 11 is 1.60. The van der Waals surface area contributed by atoms with Gasteiger partial charge >= 0.3 is 0 Å². The molecule has 0 saturated heterocycles. The van der Waals surface area contributed by atoms with Gasteiger partial charge in [-0.2, -0.15) is 5.10 Å². The Morgan fingerprint density at radius 3 is 2.50 bits per heavy atom. The highest BCUT2D eigenvalue weighted by Crippen LogP contribution is 2.23. The van der Waals surface area contributed by atoms with Crippen LogP contribution in [0.4, 0.5) is 0 Å². The van der Waals surface area contributed by atoms with Gasteiger partial charge in [-0.25, -0.2) is 14.6 Å². The third kappa shape index (κ3) is 3.33. The lowest BCUT2D eigenvalue weighted by atomic mass is 10.1. The molecule has 1 atom stereocenters. The van der Waals surface area contributed by atoms with Gasteiger partial charge in [0.25, 0.3) is 0 Å². The number of aryl methyl sites for hydroxylation is 3. The SMILES string of the molecule is CCn1nc(-c2csc(C)n2)nc1CC(C)n1nc(C)c(C(C)=O)c1C. The summed E-state index contributed by atoms with van der Waals surface area (Å²) in [5.41, 5.74) is 3.21. The van der Waals surface area contributed by atoms with E-state index in [-0.39, 0.29) is 11.8 Å². The minimum Gasteiger partial charge on any atom is -0.294 e. The molecule has 3 aromatic rings. The summed E-state index contributed by atoms with van der Waals surface area (Å²) in [6.45, 7) is 12.3. The number of nitrogens with zero attached hydrogens (tertiary/aromatic N) is 6. The molecule has 0 bridgehead atoms. The Morgan fingerprint density at radius 2 is 1.96 bits per heavy atom. The Bertz CT molecular complexity index is 951. The van der Waals surface area contributed by atoms with E-state index in [1.54, 1.807) is 18.3 Å². The van der Waals surface area contributed by atoms with E-state index in [1.165, 1.54) is 0 Å². The topological polar surface area (TPSA) is 78.5 Å². The van der Waals surface area contributed by atoms with Crippen molar-refractivity contribution in [3.05, 3.63) is 33.2 Å². The van der Waals surface area contributed by atoms with Gasteiger partial charge in [0, 0.05) is 24.0 Å². The fourth-order valence-corrected chi connectivity index (χ4v) is 3.90. The number of carbonyl (C=O) groups excluding carboxylic acids is 1. The molecule has 138 valence electrons. The van der Waals surface area contributed by atoms with Gasteiger partial charge in [-0.3, -0.25) is 9.48 Å². The first-order valence-electron chi connectivity index (χ1n) is 8.74. The zero-order chi connectivity index (χ0) is 19.0. The van der Waals surface area contributed by atoms with Crippen LogP contribution in [0.1, 0.15) is 59.4 Å². The van der Waals surface area contributed by atoms with E-state index in [0.717, 1.165) is 34.5 Å². The third-order valence-corrected chi connectivity index (χ3v) is 5.24. The first kappa shape index (κ1) is 18.4. The maximum atomic E-state index is 11.9. The molecule has 0 fully saturated rings. The van der Waals surface area contributed by atoms with Crippen LogP contribution in [0.3, 0.4) is 0 Å². The molecule has 26 heavy (non-hydrogen) atoms. The van der Waals surface area contributed by atoms with Gasteiger partial charge in [0.2, 0.25) is 5.82 Å². The van der Waals surface area contributed by atoms with Crippen LogP contribution in [0.25, 0.3) is 11.5 Å². The van der Waals surface area contributed by atoms with Crippen LogP contribution in [0.2, 0.25) is 0 Å². The average Bonchev–Trinajstić information content (AvgIpc) is 3.24. The Labute approximate surface area is 157 Å². The number of carbonyl (C=O) groups is 1. The summed E-state index contributed by atoms with van der Waals surface area (Å²) in [5, 5.41) is 12.2. The van der Waals surface area contributed by atoms with Crippen molar-refractivity contribution in [1.29, 1.82) is 0 Å². The Kier molecular flexibility index (Phi) is 5.04. The smallest absolute Gasteiger partial charge is 0.200 e. The van der Waals surface area contributed by atoms with E-state index >= 15 is 0 Å². The minimum atomic E-state index is 0.0522. The molecule has 3 heterocycles. The number of aromatic nitrogens is 6.